The lowest BCUT2D eigenvalue weighted by atomic mass is 9.93. The van der Waals surface area contributed by atoms with Crippen molar-refractivity contribution in [3.8, 4) is 0 Å². The van der Waals surface area contributed by atoms with Crippen molar-refractivity contribution in [3.63, 3.8) is 0 Å². The van der Waals surface area contributed by atoms with E-state index in [4.69, 9.17) is 11.6 Å². The number of nitro groups is 1. The van der Waals surface area contributed by atoms with E-state index in [0.29, 0.717) is 36.6 Å². The van der Waals surface area contributed by atoms with Crippen LogP contribution < -0.4 is 4.90 Å². The molecule has 1 saturated heterocycles. The van der Waals surface area contributed by atoms with E-state index in [-0.39, 0.29) is 5.69 Å². The molecule has 2 rings (SSSR count). The van der Waals surface area contributed by atoms with Crippen LogP contribution in [0.15, 0.2) is 18.2 Å². The number of halogens is 1. The molecule has 1 fully saturated rings. The van der Waals surface area contributed by atoms with Crippen molar-refractivity contribution in [3.05, 3.63) is 33.3 Å². The first-order valence-corrected chi connectivity index (χ1v) is 6.18. The summed E-state index contributed by atoms with van der Waals surface area (Å²) in [6, 6.07) is 4.68. The molecule has 0 radical (unpaired) electrons. The van der Waals surface area contributed by atoms with Crippen molar-refractivity contribution in [1.29, 1.82) is 0 Å². The zero-order valence-corrected chi connectivity index (χ0v) is 10.9. The zero-order valence-electron chi connectivity index (χ0n) is 10.1. The Morgan fingerprint density at radius 3 is 2.61 bits per heavy atom. The van der Waals surface area contributed by atoms with Crippen LogP contribution in [0.3, 0.4) is 0 Å². The van der Waals surface area contributed by atoms with Crippen LogP contribution >= 0.6 is 11.6 Å². The Morgan fingerprint density at radius 1 is 1.44 bits per heavy atom. The molecule has 5 nitrogen and oxygen atoms in total. The Balaban J connectivity index is 2.26. The number of piperidine rings is 1. The average Bonchev–Trinajstić information content (AvgIpc) is 2.29. The van der Waals surface area contributed by atoms with Crippen molar-refractivity contribution in [2.24, 2.45) is 0 Å². The van der Waals surface area contributed by atoms with Gasteiger partial charge in [0.2, 0.25) is 0 Å². The molecular weight excluding hydrogens is 256 g/mol. The van der Waals surface area contributed by atoms with E-state index in [0.717, 1.165) is 0 Å². The van der Waals surface area contributed by atoms with Crippen LogP contribution in [-0.2, 0) is 0 Å². The molecule has 1 aromatic rings. The van der Waals surface area contributed by atoms with Gasteiger partial charge in [0, 0.05) is 24.2 Å². The summed E-state index contributed by atoms with van der Waals surface area (Å²) in [4.78, 5) is 12.5. The molecule has 0 bridgehead atoms. The molecule has 0 saturated carbocycles. The first-order chi connectivity index (χ1) is 8.39. The lowest BCUT2D eigenvalue weighted by Gasteiger charge is -2.36. The predicted molar refractivity (Wildman–Crippen MR) is 70.2 cm³/mol. The van der Waals surface area contributed by atoms with Crippen molar-refractivity contribution in [2.45, 2.75) is 25.4 Å². The molecule has 1 heterocycles. The number of hydrogen-bond donors (Lipinski definition) is 1. The van der Waals surface area contributed by atoms with Gasteiger partial charge in [-0.15, -0.1) is 0 Å². The number of nitrogens with zero attached hydrogens (tertiary/aromatic N) is 2. The smallest absolute Gasteiger partial charge is 0.294 e. The number of rotatable bonds is 2. The molecule has 1 N–H and O–H groups in total. The first kappa shape index (κ1) is 13.1. The van der Waals surface area contributed by atoms with Gasteiger partial charge >= 0.3 is 0 Å². The highest BCUT2D eigenvalue weighted by Gasteiger charge is 2.30. The number of aliphatic hydroxyl groups is 1. The number of hydrogen-bond acceptors (Lipinski definition) is 4. The van der Waals surface area contributed by atoms with E-state index in [2.05, 4.69) is 0 Å². The normalized spacial score (nSPS) is 18.7. The van der Waals surface area contributed by atoms with Gasteiger partial charge in [-0.3, -0.25) is 10.1 Å². The molecule has 0 spiro atoms. The Kier molecular flexibility index (Phi) is 3.45. The summed E-state index contributed by atoms with van der Waals surface area (Å²) >= 11 is 5.78. The van der Waals surface area contributed by atoms with Crippen LogP contribution in [0.4, 0.5) is 11.4 Å². The fraction of sp³-hybridized carbons (Fsp3) is 0.500. The van der Waals surface area contributed by atoms with Crippen molar-refractivity contribution in [2.75, 3.05) is 18.0 Å². The second kappa shape index (κ2) is 4.74. The second-order valence-corrected chi connectivity index (χ2v) is 5.31. The van der Waals surface area contributed by atoms with Gasteiger partial charge < -0.3 is 10.0 Å². The van der Waals surface area contributed by atoms with Crippen molar-refractivity contribution >= 4 is 23.0 Å². The summed E-state index contributed by atoms with van der Waals surface area (Å²) in [6.45, 7) is 3.01. The van der Waals surface area contributed by atoms with E-state index in [1.54, 1.807) is 19.1 Å². The second-order valence-electron chi connectivity index (χ2n) is 4.87. The minimum Gasteiger partial charge on any atom is -0.390 e. The van der Waals surface area contributed by atoms with E-state index >= 15 is 0 Å². The van der Waals surface area contributed by atoms with Gasteiger partial charge in [0.25, 0.3) is 5.69 Å². The topological polar surface area (TPSA) is 66.6 Å². The van der Waals surface area contributed by atoms with E-state index in [1.807, 2.05) is 4.90 Å². The standard InChI is InChI=1S/C12H15ClN2O3/c1-12(16)4-6-14(7-5-12)10-3-2-9(13)8-11(10)15(17)18/h2-3,8,16H,4-7H2,1H3. The number of benzene rings is 1. The molecular formula is C12H15ClN2O3. The third-order valence-electron chi connectivity index (χ3n) is 3.32. The lowest BCUT2D eigenvalue weighted by molar-refractivity contribution is -0.384. The number of nitro benzene ring substituents is 1. The van der Waals surface area contributed by atoms with Gasteiger partial charge in [-0.25, -0.2) is 0 Å². The summed E-state index contributed by atoms with van der Waals surface area (Å²) in [5.41, 5.74) is -0.0820. The number of anilines is 1. The van der Waals surface area contributed by atoms with Gasteiger partial charge in [0.1, 0.15) is 5.69 Å². The SMILES string of the molecule is CC1(O)CCN(c2ccc(Cl)cc2[N+](=O)[O-])CC1. The van der Waals surface area contributed by atoms with Crippen LogP contribution in [0.5, 0.6) is 0 Å². The average molecular weight is 271 g/mol. The van der Waals surface area contributed by atoms with E-state index < -0.39 is 10.5 Å². The predicted octanol–water partition coefficient (Wildman–Crippen LogP) is 2.60. The molecule has 0 atom stereocenters. The summed E-state index contributed by atoms with van der Waals surface area (Å²) in [5, 5.41) is 21.3. The fourth-order valence-corrected chi connectivity index (χ4v) is 2.31. The van der Waals surface area contributed by atoms with Crippen LogP contribution in [0.2, 0.25) is 5.02 Å². The summed E-state index contributed by atoms with van der Waals surface area (Å²) in [7, 11) is 0. The van der Waals surface area contributed by atoms with Crippen LogP contribution in [0, 0.1) is 10.1 Å². The summed E-state index contributed by atoms with van der Waals surface area (Å²) in [5.74, 6) is 0. The van der Waals surface area contributed by atoms with Crippen LogP contribution in [0.1, 0.15) is 19.8 Å². The molecule has 0 aliphatic carbocycles. The maximum atomic E-state index is 11.0. The quantitative estimate of drug-likeness (QED) is 0.663. The van der Waals surface area contributed by atoms with Gasteiger partial charge in [0.05, 0.1) is 10.5 Å². The van der Waals surface area contributed by atoms with Gasteiger partial charge in [-0.2, -0.15) is 0 Å². The molecule has 0 aromatic heterocycles. The maximum absolute atomic E-state index is 11.0. The van der Waals surface area contributed by atoms with Crippen molar-refractivity contribution < 1.29 is 10.0 Å². The van der Waals surface area contributed by atoms with Crippen LogP contribution in [0.25, 0.3) is 0 Å². The monoisotopic (exact) mass is 270 g/mol. The van der Waals surface area contributed by atoms with E-state index in [9.17, 15) is 15.2 Å². The molecule has 18 heavy (non-hydrogen) atoms. The highest BCUT2D eigenvalue weighted by molar-refractivity contribution is 6.30. The summed E-state index contributed by atoms with van der Waals surface area (Å²) in [6.07, 6.45) is 1.21. The minimum atomic E-state index is -0.669. The van der Waals surface area contributed by atoms with Gasteiger partial charge in [0.15, 0.2) is 0 Å². The molecule has 6 heteroatoms. The lowest BCUT2D eigenvalue weighted by Crippen LogP contribution is -2.42. The zero-order chi connectivity index (χ0) is 13.3. The molecule has 1 aliphatic heterocycles. The third-order valence-corrected chi connectivity index (χ3v) is 3.55. The van der Waals surface area contributed by atoms with Crippen LogP contribution in [-0.4, -0.2) is 28.7 Å². The largest absolute Gasteiger partial charge is 0.390 e. The van der Waals surface area contributed by atoms with Gasteiger partial charge in [-0.05, 0) is 31.9 Å². The highest BCUT2D eigenvalue weighted by Crippen LogP contribution is 2.34. The molecule has 1 aliphatic rings. The Bertz CT molecular complexity index is 466. The van der Waals surface area contributed by atoms with Crippen molar-refractivity contribution in [1.82, 2.24) is 0 Å². The Morgan fingerprint density at radius 2 is 2.06 bits per heavy atom. The summed E-state index contributed by atoms with van der Waals surface area (Å²) < 4.78 is 0. The molecule has 0 unspecified atom stereocenters. The first-order valence-electron chi connectivity index (χ1n) is 5.80. The van der Waals surface area contributed by atoms with Gasteiger partial charge in [-0.1, -0.05) is 11.6 Å². The van der Waals surface area contributed by atoms with E-state index in [1.165, 1.54) is 6.07 Å². The molecule has 0 amide bonds. The fourth-order valence-electron chi connectivity index (χ4n) is 2.14. The minimum absolute atomic E-state index is 0.0176. The Hall–Kier alpha value is -1.33. The molecule has 1 aromatic carbocycles. The third kappa shape index (κ3) is 2.73. The maximum Gasteiger partial charge on any atom is 0.294 e. The highest BCUT2D eigenvalue weighted by atomic mass is 35.5. The molecule has 98 valence electrons. The Labute approximate surface area is 110 Å².